The minimum Gasteiger partial charge on any atom is -0.480 e. The largest absolute Gasteiger partial charge is 0.480 e. The van der Waals surface area contributed by atoms with E-state index in [0.717, 1.165) is 16.8 Å². The maximum Gasteiger partial charge on any atom is 0.317 e. The van der Waals surface area contributed by atoms with Crippen molar-refractivity contribution in [3.8, 4) is 0 Å². The van der Waals surface area contributed by atoms with Gasteiger partial charge < -0.3 is 10.4 Å². The Bertz CT molecular complexity index is 498. The lowest BCUT2D eigenvalue weighted by Crippen LogP contribution is -2.41. The Balaban J connectivity index is 2.65. The van der Waals surface area contributed by atoms with Crippen molar-refractivity contribution in [3.63, 3.8) is 0 Å². The number of hydrogen-bond acceptors (Lipinski definition) is 3. The van der Waals surface area contributed by atoms with Crippen LogP contribution in [-0.2, 0) is 9.59 Å². The van der Waals surface area contributed by atoms with Gasteiger partial charge in [0, 0.05) is 11.7 Å². The zero-order valence-electron chi connectivity index (χ0n) is 12.4. The van der Waals surface area contributed by atoms with Crippen LogP contribution in [0.2, 0.25) is 0 Å². The Morgan fingerprint density at radius 1 is 1.20 bits per heavy atom. The average Bonchev–Trinajstić information content (AvgIpc) is 2.32. The Kier molecular flexibility index (Phi) is 5.70. The Morgan fingerprint density at radius 2 is 1.85 bits per heavy atom. The zero-order valence-corrected chi connectivity index (χ0v) is 12.4. The molecule has 0 unspecified atom stereocenters. The summed E-state index contributed by atoms with van der Waals surface area (Å²) in [4.78, 5) is 24.3. The molecule has 0 aliphatic carbocycles. The number of carboxylic acids is 1. The van der Waals surface area contributed by atoms with Crippen molar-refractivity contribution in [2.75, 3.05) is 18.4 Å². The average molecular weight is 278 g/mol. The lowest BCUT2D eigenvalue weighted by atomic mass is 10.1. The normalized spacial score (nSPS) is 10.9. The molecule has 0 radical (unpaired) electrons. The summed E-state index contributed by atoms with van der Waals surface area (Å²) in [6, 6.07) is 5.69. The van der Waals surface area contributed by atoms with Crippen molar-refractivity contribution in [2.24, 2.45) is 0 Å². The Hall–Kier alpha value is -1.88. The molecule has 0 heterocycles. The standard InChI is InChI=1S/C15H22N2O3/c1-10(2)17(9-15(19)20)8-14(18)16-13-6-5-11(3)12(4)7-13/h5-7,10H,8-9H2,1-4H3,(H,16,18)(H,19,20). The molecule has 5 nitrogen and oxygen atoms in total. The van der Waals surface area contributed by atoms with Crippen LogP contribution >= 0.6 is 0 Å². The van der Waals surface area contributed by atoms with Gasteiger partial charge in [-0.1, -0.05) is 6.07 Å². The highest BCUT2D eigenvalue weighted by atomic mass is 16.4. The number of aryl methyl sites for hydroxylation is 2. The smallest absolute Gasteiger partial charge is 0.317 e. The van der Waals surface area contributed by atoms with Crippen LogP contribution in [0.25, 0.3) is 0 Å². The molecule has 0 atom stereocenters. The number of carbonyl (C=O) groups excluding carboxylic acids is 1. The number of benzene rings is 1. The van der Waals surface area contributed by atoms with Crippen LogP contribution in [0, 0.1) is 13.8 Å². The molecule has 0 aliphatic rings. The summed E-state index contributed by atoms with van der Waals surface area (Å²) in [5.74, 6) is -1.14. The van der Waals surface area contributed by atoms with E-state index < -0.39 is 5.97 Å². The van der Waals surface area contributed by atoms with Crippen molar-refractivity contribution in [1.29, 1.82) is 0 Å². The van der Waals surface area contributed by atoms with Crippen LogP contribution in [0.1, 0.15) is 25.0 Å². The molecule has 0 fully saturated rings. The molecule has 0 saturated carbocycles. The van der Waals surface area contributed by atoms with E-state index in [-0.39, 0.29) is 25.0 Å². The Labute approximate surface area is 119 Å². The van der Waals surface area contributed by atoms with Gasteiger partial charge in [-0.3, -0.25) is 14.5 Å². The number of anilines is 1. The summed E-state index contributed by atoms with van der Waals surface area (Å²) in [7, 11) is 0. The molecule has 1 amide bonds. The molecule has 5 heteroatoms. The van der Waals surface area contributed by atoms with Gasteiger partial charge in [0.05, 0.1) is 13.1 Å². The molecule has 20 heavy (non-hydrogen) atoms. The van der Waals surface area contributed by atoms with Crippen molar-refractivity contribution in [3.05, 3.63) is 29.3 Å². The molecule has 0 spiro atoms. The highest BCUT2D eigenvalue weighted by Gasteiger charge is 2.17. The fraction of sp³-hybridized carbons (Fsp3) is 0.467. The SMILES string of the molecule is Cc1ccc(NC(=O)CN(CC(=O)O)C(C)C)cc1C. The molecule has 0 saturated heterocycles. The monoisotopic (exact) mass is 278 g/mol. The summed E-state index contributed by atoms with van der Waals surface area (Å²) >= 11 is 0. The first-order chi connectivity index (χ1) is 9.29. The van der Waals surface area contributed by atoms with Gasteiger partial charge in [-0.25, -0.2) is 0 Å². The summed E-state index contributed by atoms with van der Waals surface area (Å²) in [5.41, 5.74) is 3.00. The van der Waals surface area contributed by atoms with E-state index in [2.05, 4.69) is 5.32 Å². The fourth-order valence-corrected chi connectivity index (χ4v) is 1.80. The number of nitrogens with zero attached hydrogens (tertiary/aromatic N) is 1. The van der Waals surface area contributed by atoms with Crippen molar-refractivity contribution in [2.45, 2.75) is 33.7 Å². The van der Waals surface area contributed by atoms with Crippen LogP contribution in [0.4, 0.5) is 5.69 Å². The lowest BCUT2D eigenvalue weighted by Gasteiger charge is -2.23. The van der Waals surface area contributed by atoms with Gasteiger partial charge in [-0.15, -0.1) is 0 Å². The summed E-state index contributed by atoms with van der Waals surface area (Å²) in [6.07, 6.45) is 0. The van der Waals surface area contributed by atoms with Gasteiger partial charge in [0.2, 0.25) is 5.91 Å². The van der Waals surface area contributed by atoms with E-state index in [0.29, 0.717) is 0 Å². The third-order valence-corrected chi connectivity index (χ3v) is 3.21. The molecule has 1 rings (SSSR count). The number of carboxylic acid groups (broad SMARTS) is 1. The number of amides is 1. The predicted molar refractivity (Wildman–Crippen MR) is 78.9 cm³/mol. The van der Waals surface area contributed by atoms with E-state index in [1.807, 2.05) is 45.9 Å². The van der Waals surface area contributed by atoms with Gasteiger partial charge in [-0.05, 0) is 51.0 Å². The third kappa shape index (κ3) is 5.01. The maximum absolute atomic E-state index is 12.0. The minimum absolute atomic E-state index is 0.00314. The van der Waals surface area contributed by atoms with Crippen molar-refractivity contribution < 1.29 is 14.7 Å². The molecule has 1 aromatic rings. The number of nitrogens with one attached hydrogen (secondary N) is 1. The van der Waals surface area contributed by atoms with Gasteiger partial charge in [0.1, 0.15) is 0 Å². The molecule has 1 aromatic carbocycles. The molecule has 2 N–H and O–H groups in total. The maximum atomic E-state index is 12.0. The summed E-state index contributed by atoms with van der Waals surface area (Å²) in [6.45, 7) is 7.65. The highest BCUT2D eigenvalue weighted by Crippen LogP contribution is 2.14. The van der Waals surface area contributed by atoms with Crippen molar-refractivity contribution >= 4 is 17.6 Å². The van der Waals surface area contributed by atoms with E-state index in [1.165, 1.54) is 0 Å². The molecular weight excluding hydrogens is 256 g/mol. The first-order valence-corrected chi connectivity index (χ1v) is 6.62. The molecular formula is C15H22N2O3. The predicted octanol–water partition coefficient (Wildman–Crippen LogP) is 2.04. The lowest BCUT2D eigenvalue weighted by molar-refractivity contribution is -0.139. The van der Waals surface area contributed by atoms with Crippen LogP contribution < -0.4 is 5.32 Å². The van der Waals surface area contributed by atoms with E-state index >= 15 is 0 Å². The second-order valence-electron chi connectivity index (χ2n) is 5.24. The second-order valence-corrected chi connectivity index (χ2v) is 5.24. The summed E-state index contributed by atoms with van der Waals surface area (Å²) in [5, 5.41) is 11.6. The molecule has 0 bridgehead atoms. The van der Waals surface area contributed by atoms with Gasteiger partial charge in [0.25, 0.3) is 0 Å². The number of hydrogen-bond donors (Lipinski definition) is 2. The first-order valence-electron chi connectivity index (χ1n) is 6.62. The quantitative estimate of drug-likeness (QED) is 0.835. The minimum atomic E-state index is -0.933. The number of carbonyl (C=O) groups is 2. The van der Waals surface area contributed by atoms with Gasteiger partial charge in [0.15, 0.2) is 0 Å². The number of rotatable bonds is 6. The third-order valence-electron chi connectivity index (χ3n) is 3.21. The van der Waals surface area contributed by atoms with Crippen LogP contribution in [0.3, 0.4) is 0 Å². The fourth-order valence-electron chi connectivity index (χ4n) is 1.80. The Morgan fingerprint density at radius 3 is 2.35 bits per heavy atom. The van der Waals surface area contributed by atoms with Crippen LogP contribution in [0.15, 0.2) is 18.2 Å². The molecule has 0 aromatic heterocycles. The summed E-state index contributed by atoms with van der Waals surface area (Å²) < 4.78 is 0. The number of aliphatic carboxylic acids is 1. The van der Waals surface area contributed by atoms with Crippen molar-refractivity contribution in [1.82, 2.24) is 4.90 Å². The van der Waals surface area contributed by atoms with E-state index in [9.17, 15) is 9.59 Å². The molecule has 0 aliphatic heterocycles. The van der Waals surface area contributed by atoms with Gasteiger partial charge >= 0.3 is 5.97 Å². The van der Waals surface area contributed by atoms with E-state index in [4.69, 9.17) is 5.11 Å². The van der Waals surface area contributed by atoms with Crippen LogP contribution in [-0.4, -0.2) is 41.0 Å². The van der Waals surface area contributed by atoms with Crippen LogP contribution in [0.5, 0.6) is 0 Å². The van der Waals surface area contributed by atoms with Gasteiger partial charge in [-0.2, -0.15) is 0 Å². The highest BCUT2D eigenvalue weighted by molar-refractivity contribution is 5.92. The zero-order chi connectivity index (χ0) is 15.3. The van der Waals surface area contributed by atoms with E-state index in [1.54, 1.807) is 4.90 Å². The second kappa shape index (κ2) is 7.05. The molecule has 110 valence electrons. The first kappa shape index (κ1) is 16.2. The topological polar surface area (TPSA) is 69.6 Å².